The van der Waals surface area contributed by atoms with Crippen LogP contribution in [0.25, 0.3) is 10.9 Å². The van der Waals surface area contributed by atoms with Crippen LogP contribution in [0.15, 0.2) is 35.1 Å². The number of amides is 1. The molecule has 1 unspecified atom stereocenters. The van der Waals surface area contributed by atoms with Crippen LogP contribution in [0.2, 0.25) is 0 Å². The fourth-order valence-corrected chi connectivity index (χ4v) is 1.86. The number of pyridine rings is 1. The highest BCUT2D eigenvalue weighted by Gasteiger charge is 2.12. The fourth-order valence-electron chi connectivity index (χ4n) is 1.86. The number of fused-ring (bicyclic) bond motifs is 1. The van der Waals surface area contributed by atoms with Crippen LogP contribution in [0.5, 0.6) is 0 Å². The summed E-state index contributed by atoms with van der Waals surface area (Å²) in [6.07, 6.45) is -1.29. The van der Waals surface area contributed by atoms with Crippen LogP contribution in [-0.4, -0.2) is 28.2 Å². The standard InChI is InChI=1S/C13H15N3O3/c1-16-10-5-3-2-4-8(10)9(6-12(16)18)15-7-11(17)13(14)19/h2-6,11,15,17H,7H2,1H3,(H2,14,19). The highest BCUT2D eigenvalue weighted by atomic mass is 16.3. The average Bonchev–Trinajstić information content (AvgIpc) is 2.40. The van der Waals surface area contributed by atoms with Crippen molar-refractivity contribution in [2.75, 3.05) is 11.9 Å². The van der Waals surface area contributed by atoms with E-state index in [-0.39, 0.29) is 12.1 Å². The van der Waals surface area contributed by atoms with Gasteiger partial charge in [0.15, 0.2) is 0 Å². The Morgan fingerprint density at radius 3 is 2.84 bits per heavy atom. The lowest BCUT2D eigenvalue weighted by Gasteiger charge is -2.13. The van der Waals surface area contributed by atoms with Crippen molar-refractivity contribution in [1.82, 2.24) is 4.57 Å². The molecule has 0 aliphatic rings. The summed E-state index contributed by atoms with van der Waals surface area (Å²) in [6, 6.07) is 8.79. The van der Waals surface area contributed by atoms with E-state index in [1.54, 1.807) is 7.05 Å². The monoisotopic (exact) mass is 261 g/mol. The van der Waals surface area contributed by atoms with Gasteiger partial charge in [0.1, 0.15) is 6.10 Å². The lowest BCUT2D eigenvalue weighted by molar-refractivity contribution is -0.125. The van der Waals surface area contributed by atoms with Crippen LogP contribution < -0.4 is 16.6 Å². The normalized spacial score (nSPS) is 12.3. The minimum atomic E-state index is -1.29. The van der Waals surface area contributed by atoms with Crippen LogP contribution in [-0.2, 0) is 11.8 Å². The summed E-state index contributed by atoms with van der Waals surface area (Å²) >= 11 is 0. The lowest BCUT2D eigenvalue weighted by atomic mass is 10.1. The minimum absolute atomic E-state index is 0.0352. The Kier molecular flexibility index (Phi) is 3.52. The molecule has 0 spiro atoms. The number of rotatable bonds is 4. The number of nitrogens with zero attached hydrogens (tertiary/aromatic N) is 1. The summed E-state index contributed by atoms with van der Waals surface area (Å²) in [7, 11) is 1.69. The molecule has 1 heterocycles. The molecule has 0 aliphatic carbocycles. The number of anilines is 1. The molecule has 0 fully saturated rings. The molecular weight excluding hydrogens is 246 g/mol. The summed E-state index contributed by atoms with van der Waals surface area (Å²) in [5.74, 6) is -0.805. The Labute approximate surface area is 109 Å². The molecule has 2 aromatic rings. The molecule has 100 valence electrons. The predicted molar refractivity (Wildman–Crippen MR) is 72.9 cm³/mol. The topological polar surface area (TPSA) is 97.3 Å². The Bertz CT molecular complexity index is 678. The number of carbonyl (C=O) groups excluding carboxylic acids is 1. The molecule has 6 nitrogen and oxygen atoms in total. The van der Waals surface area contributed by atoms with Gasteiger partial charge in [0, 0.05) is 30.7 Å². The van der Waals surface area contributed by atoms with Gasteiger partial charge in [-0.1, -0.05) is 18.2 Å². The SMILES string of the molecule is Cn1c(=O)cc(NCC(O)C(N)=O)c2ccccc21. The first-order valence-corrected chi connectivity index (χ1v) is 5.80. The minimum Gasteiger partial charge on any atom is -0.381 e. The first-order valence-electron chi connectivity index (χ1n) is 5.80. The zero-order valence-electron chi connectivity index (χ0n) is 10.5. The third-order valence-corrected chi connectivity index (χ3v) is 2.97. The summed E-state index contributed by atoms with van der Waals surface area (Å²) in [4.78, 5) is 22.6. The summed E-state index contributed by atoms with van der Waals surface area (Å²) in [5, 5.41) is 13.1. The third-order valence-electron chi connectivity index (χ3n) is 2.97. The molecule has 0 aliphatic heterocycles. The number of hydrogen-bond donors (Lipinski definition) is 3. The number of aromatic nitrogens is 1. The maximum absolute atomic E-state index is 11.8. The summed E-state index contributed by atoms with van der Waals surface area (Å²) in [5.41, 5.74) is 6.14. The fraction of sp³-hybridized carbons (Fsp3) is 0.231. The second-order valence-corrected chi connectivity index (χ2v) is 4.27. The van der Waals surface area contributed by atoms with Crippen molar-refractivity contribution >= 4 is 22.5 Å². The number of benzene rings is 1. The average molecular weight is 261 g/mol. The summed E-state index contributed by atoms with van der Waals surface area (Å²) in [6.45, 7) is -0.0352. The van der Waals surface area contributed by atoms with E-state index in [1.165, 1.54) is 10.6 Å². The van der Waals surface area contributed by atoms with Gasteiger partial charge >= 0.3 is 0 Å². The Balaban J connectivity index is 2.41. The number of nitrogens with two attached hydrogens (primary N) is 1. The first-order chi connectivity index (χ1) is 9.00. The van der Waals surface area contributed by atoms with Crippen molar-refractivity contribution in [2.24, 2.45) is 12.8 Å². The van der Waals surface area contributed by atoms with Gasteiger partial charge in [-0.3, -0.25) is 9.59 Å². The third kappa shape index (κ3) is 2.58. The molecular formula is C13H15N3O3. The molecule has 1 aromatic carbocycles. The molecule has 19 heavy (non-hydrogen) atoms. The van der Waals surface area contributed by atoms with Gasteiger partial charge in [-0.05, 0) is 6.07 Å². The quantitative estimate of drug-likeness (QED) is 0.709. The van der Waals surface area contributed by atoms with Crippen molar-refractivity contribution in [2.45, 2.75) is 6.10 Å². The van der Waals surface area contributed by atoms with Gasteiger partial charge in [-0.2, -0.15) is 0 Å². The molecule has 0 bridgehead atoms. The van der Waals surface area contributed by atoms with Crippen molar-refractivity contribution in [3.8, 4) is 0 Å². The van der Waals surface area contributed by atoms with E-state index < -0.39 is 12.0 Å². The zero-order chi connectivity index (χ0) is 14.0. The number of primary amides is 1. The van der Waals surface area contributed by atoms with Crippen molar-refractivity contribution in [3.05, 3.63) is 40.7 Å². The summed E-state index contributed by atoms with van der Waals surface area (Å²) < 4.78 is 1.53. The molecule has 1 aromatic heterocycles. The Hall–Kier alpha value is -2.34. The van der Waals surface area contributed by atoms with Gasteiger partial charge in [0.05, 0.1) is 5.52 Å². The van der Waals surface area contributed by atoms with Crippen LogP contribution in [0.3, 0.4) is 0 Å². The number of nitrogens with one attached hydrogen (secondary N) is 1. The highest BCUT2D eigenvalue weighted by molar-refractivity contribution is 5.91. The molecule has 4 N–H and O–H groups in total. The number of para-hydroxylation sites is 1. The number of aliphatic hydroxyl groups is 1. The van der Waals surface area contributed by atoms with E-state index in [1.807, 2.05) is 24.3 Å². The van der Waals surface area contributed by atoms with Crippen LogP contribution in [0.4, 0.5) is 5.69 Å². The molecule has 0 radical (unpaired) electrons. The van der Waals surface area contributed by atoms with Crippen molar-refractivity contribution in [3.63, 3.8) is 0 Å². The van der Waals surface area contributed by atoms with Crippen molar-refractivity contribution in [1.29, 1.82) is 0 Å². The number of hydrogen-bond acceptors (Lipinski definition) is 4. The van der Waals surface area contributed by atoms with Gasteiger partial charge < -0.3 is 20.7 Å². The van der Waals surface area contributed by atoms with Crippen molar-refractivity contribution < 1.29 is 9.90 Å². The Morgan fingerprint density at radius 1 is 1.47 bits per heavy atom. The van der Waals surface area contributed by atoms with E-state index >= 15 is 0 Å². The second kappa shape index (κ2) is 5.11. The molecule has 0 saturated heterocycles. The molecule has 6 heteroatoms. The van der Waals surface area contributed by atoms with Crippen LogP contribution >= 0.6 is 0 Å². The van der Waals surface area contributed by atoms with E-state index in [2.05, 4.69) is 5.32 Å². The molecule has 1 amide bonds. The molecule has 2 rings (SSSR count). The maximum atomic E-state index is 11.8. The number of carbonyl (C=O) groups is 1. The lowest BCUT2D eigenvalue weighted by Crippen LogP contribution is -2.34. The van der Waals surface area contributed by atoms with Gasteiger partial charge in [0.25, 0.3) is 5.56 Å². The van der Waals surface area contributed by atoms with Gasteiger partial charge in [-0.15, -0.1) is 0 Å². The van der Waals surface area contributed by atoms with Crippen LogP contribution in [0, 0.1) is 0 Å². The largest absolute Gasteiger partial charge is 0.381 e. The molecule has 1 atom stereocenters. The van der Waals surface area contributed by atoms with Crippen LogP contribution in [0.1, 0.15) is 0 Å². The highest BCUT2D eigenvalue weighted by Crippen LogP contribution is 2.20. The number of aliphatic hydroxyl groups excluding tert-OH is 1. The smallest absolute Gasteiger partial charge is 0.252 e. The zero-order valence-corrected chi connectivity index (χ0v) is 10.5. The van der Waals surface area contributed by atoms with E-state index in [4.69, 9.17) is 5.73 Å². The van der Waals surface area contributed by atoms with Gasteiger partial charge in [0.2, 0.25) is 5.91 Å². The second-order valence-electron chi connectivity index (χ2n) is 4.27. The molecule has 0 saturated carbocycles. The van der Waals surface area contributed by atoms with E-state index in [0.29, 0.717) is 5.69 Å². The van der Waals surface area contributed by atoms with Gasteiger partial charge in [-0.25, -0.2) is 0 Å². The van der Waals surface area contributed by atoms with E-state index in [0.717, 1.165) is 10.9 Å². The predicted octanol–water partition coefficient (Wildman–Crippen LogP) is -0.203. The number of aryl methyl sites for hydroxylation is 1. The first kappa shape index (κ1) is 13.1. The Morgan fingerprint density at radius 2 is 2.16 bits per heavy atom. The van der Waals surface area contributed by atoms with E-state index in [9.17, 15) is 14.7 Å². The maximum Gasteiger partial charge on any atom is 0.252 e.